The number of amides is 3. The number of anilines is 1. The third kappa shape index (κ3) is 9.64. The van der Waals surface area contributed by atoms with Crippen molar-refractivity contribution in [2.24, 2.45) is 29.1 Å². The number of aliphatic hydroxyl groups is 2. The Hall–Kier alpha value is -4.53. The monoisotopic (exact) mass is 867 g/mol. The summed E-state index contributed by atoms with van der Waals surface area (Å²) in [4.78, 5) is 54.5. The van der Waals surface area contributed by atoms with E-state index in [2.05, 4.69) is 53.3 Å². The Morgan fingerprint density at radius 1 is 1.02 bits per heavy atom. The molecule has 2 bridgehead atoms. The normalized spacial score (nSPS) is 27.4. The molecular weight excluding hydrogens is 797 g/mol. The molecule has 3 amide bonds. The molecule has 2 saturated heterocycles. The van der Waals surface area contributed by atoms with E-state index in [0.29, 0.717) is 55.0 Å². The van der Waals surface area contributed by atoms with Crippen LogP contribution >= 0.6 is 0 Å². The molecule has 13 heteroatoms. The van der Waals surface area contributed by atoms with Gasteiger partial charge in [0, 0.05) is 67.6 Å². The van der Waals surface area contributed by atoms with E-state index in [9.17, 15) is 24.6 Å². The van der Waals surface area contributed by atoms with E-state index < -0.39 is 24.2 Å². The van der Waals surface area contributed by atoms with Crippen LogP contribution in [-0.4, -0.2) is 134 Å². The number of fused-ring (bicyclic) bond motifs is 2. The summed E-state index contributed by atoms with van der Waals surface area (Å²) in [6, 6.07) is 20.3. The number of likely N-dealkylation sites (N-methyl/N-ethyl adjacent to an activating group) is 2. The second kappa shape index (κ2) is 19.3. The molecule has 3 aromatic carbocycles. The summed E-state index contributed by atoms with van der Waals surface area (Å²) >= 11 is 0. The van der Waals surface area contributed by atoms with Crippen molar-refractivity contribution in [1.29, 1.82) is 0 Å². The number of nitrogens with zero attached hydrogens (tertiary/aromatic N) is 4. The zero-order valence-corrected chi connectivity index (χ0v) is 38.7. The Balaban J connectivity index is 1.23. The Kier molecular flexibility index (Phi) is 14.2. The van der Waals surface area contributed by atoms with Crippen molar-refractivity contribution in [2.45, 2.75) is 103 Å². The van der Waals surface area contributed by atoms with Crippen molar-refractivity contribution in [2.75, 3.05) is 59.9 Å². The van der Waals surface area contributed by atoms with Crippen LogP contribution in [-0.2, 0) is 27.4 Å². The van der Waals surface area contributed by atoms with Gasteiger partial charge in [-0.3, -0.25) is 19.2 Å². The van der Waals surface area contributed by atoms with Crippen LogP contribution in [0.15, 0.2) is 66.7 Å². The van der Waals surface area contributed by atoms with Crippen LogP contribution in [0.2, 0.25) is 0 Å². The number of hydroxylamine groups is 2. The molecule has 4 N–H and O–H groups in total. The van der Waals surface area contributed by atoms with Crippen molar-refractivity contribution in [3.05, 3.63) is 83.4 Å². The van der Waals surface area contributed by atoms with Gasteiger partial charge in [0.25, 0.3) is 5.91 Å². The molecule has 0 radical (unpaired) electrons. The summed E-state index contributed by atoms with van der Waals surface area (Å²) < 4.78 is 6.21. The summed E-state index contributed by atoms with van der Waals surface area (Å²) in [7, 11) is 9.13. The topological polar surface area (TPSA) is 147 Å². The van der Waals surface area contributed by atoms with Crippen LogP contribution in [0.25, 0.3) is 11.1 Å². The minimum absolute atomic E-state index is 0.00945. The van der Waals surface area contributed by atoms with Gasteiger partial charge in [0.15, 0.2) is 0 Å². The van der Waals surface area contributed by atoms with Crippen molar-refractivity contribution >= 4 is 23.4 Å². The fraction of sp³-hybridized carbons (Fsp3) is 0.580. The molecule has 2 aliphatic heterocycles. The lowest BCUT2D eigenvalue weighted by atomic mass is 9.45. The first-order valence-electron chi connectivity index (χ1n) is 22.8. The molecule has 8 rings (SSSR count). The highest BCUT2D eigenvalue weighted by atomic mass is 16.7. The van der Waals surface area contributed by atoms with Crippen LogP contribution in [0.5, 0.6) is 5.75 Å². The highest BCUT2D eigenvalue weighted by molar-refractivity contribution is 5.98. The molecule has 3 saturated carbocycles. The minimum Gasteiger partial charge on any atom is -0.496 e. The van der Waals surface area contributed by atoms with Gasteiger partial charge in [0.05, 0.1) is 26.4 Å². The van der Waals surface area contributed by atoms with Crippen molar-refractivity contribution in [1.82, 2.24) is 25.5 Å². The molecule has 342 valence electrons. The first-order chi connectivity index (χ1) is 30.0. The molecule has 0 aromatic heterocycles. The number of rotatable bonds is 16. The van der Waals surface area contributed by atoms with Gasteiger partial charge in [0.1, 0.15) is 23.9 Å². The SMILES string of the molecule is COc1c(CN2O[C@@H](CO)[C@@H]([C@H](C)O)[C@H]2C(=O)N[C@H]2C[C@H]3C[C@@H]([C@@H]2C)C3(C)C)cccc1-c1cc(C(=O)NC(Cc2ccccc2)CN(C)C)cc(N2CCCC2C(=O)N(C)C)c1. The van der Waals surface area contributed by atoms with Crippen molar-refractivity contribution in [3.8, 4) is 16.9 Å². The molecule has 0 spiro atoms. The number of benzene rings is 3. The summed E-state index contributed by atoms with van der Waals surface area (Å²) in [5.41, 5.74) is 4.77. The van der Waals surface area contributed by atoms with Gasteiger partial charge in [-0.25, -0.2) is 0 Å². The second-order valence-corrected chi connectivity index (χ2v) is 19.7. The predicted octanol–water partition coefficient (Wildman–Crippen LogP) is 4.98. The van der Waals surface area contributed by atoms with E-state index in [1.807, 2.05) is 68.7 Å². The highest BCUT2D eigenvalue weighted by Crippen LogP contribution is 2.61. The Bertz CT molecular complexity index is 2090. The average Bonchev–Trinajstić information content (AvgIpc) is 3.89. The van der Waals surface area contributed by atoms with Crippen LogP contribution in [0.1, 0.15) is 74.9 Å². The molecule has 2 heterocycles. The molecule has 2 unspecified atom stereocenters. The maximum absolute atomic E-state index is 14.5. The molecule has 5 aliphatic rings. The van der Waals surface area contributed by atoms with Gasteiger partial charge >= 0.3 is 0 Å². The van der Waals surface area contributed by atoms with E-state index >= 15 is 0 Å². The lowest BCUT2D eigenvalue weighted by molar-refractivity contribution is -0.183. The number of methoxy groups -OCH3 is 1. The third-order valence-electron chi connectivity index (χ3n) is 14.7. The Morgan fingerprint density at radius 2 is 1.76 bits per heavy atom. The zero-order chi connectivity index (χ0) is 45.3. The van der Waals surface area contributed by atoms with Crippen LogP contribution in [0.3, 0.4) is 0 Å². The van der Waals surface area contributed by atoms with Crippen LogP contribution in [0, 0.1) is 29.1 Å². The smallest absolute Gasteiger partial charge is 0.251 e. The molecule has 10 atom stereocenters. The number of hydrogen-bond acceptors (Lipinski definition) is 10. The molecule has 3 aliphatic carbocycles. The summed E-state index contributed by atoms with van der Waals surface area (Å²) in [5, 5.41) is 29.9. The van der Waals surface area contributed by atoms with Crippen molar-refractivity contribution < 1.29 is 34.2 Å². The van der Waals surface area contributed by atoms with Gasteiger partial charge in [-0.15, -0.1) is 0 Å². The van der Waals surface area contributed by atoms with E-state index in [4.69, 9.17) is 9.57 Å². The van der Waals surface area contributed by atoms with E-state index in [-0.39, 0.29) is 54.4 Å². The lowest BCUT2D eigenvalue weighted by Gasteiger charge is -2.62. The largest absolute Gasteiger partial charge is 0.496 e. The molecule has 63 heavy (non-hydrogen) atoms. The second-order valence-electron chi connectivity index (χ2n) is 19.7. The average molecular weight is 867 g/mol. The Labute approximate surface area is 374 Å². The van der Waals surface area contributed by atoms with Gasteiger partial charge in [0.2, 0.25) is 11.8 Å². The predicted molar refractivity (Wildman–Crippen MR) is 245 cm³/mol. The quantitative estimate of drug-likeness (QED) is 0.156. The molecule has 5 fully saturated rings. The van der Waals surface area contributed by atoms with Crippen LogP contribution < -0.4 is 20.3 Å². The number of nitrogens with one attached hydrogen (secondary N) is 2. The first-order valence-corrected chi connectivity index (χ1v) is 22.8. The van der Waals surface area contributed by atoms with Gasteiger partial charge < -0.3 is 40.3 Å². The lowest BCUT2D eigenvalue weighted by Crippen LogP contribution is -2.62. The molecule has 3 aromatic rings. The fourth-order valence-electron chi connectivity index (χ4n) is 11.3. The van der Waals surface area contributed by atoms with Gasteiger partial charge in [-0.2, -0.15) is 5.06 Å². The maximum atomic E-state index is 14.5. The van der Waals surface area contributed by atoms with E-state index in [1.165, 1.54) is 6.42 Å². The summed E-state index contributed by atoms with van der Waals surface area (Å²) in [6.45, 7) is 9.60. The number of ether oxygens (including phenoxy) is 1. The van der Waals surface area contributed by atoms with E-state index in [0.717, 1.165) is 40.8 Å². The maximum Gasteiger partial charge on any atom is 0.251 e. The van der Waals surface area contributed by atoms with Gasteiger partial charge in [-0.1, -0.05) is 69.3 Å². The number of carbonyl (C=O) groups excluding carboxylic acids is 3. The van der Waals surface area contributed by atoms with E-state index in [1.54, 1.807) is 38.1 Å². The number of para-hydroxylation sites is 1. The highest BCUT2D eigenvalue weighted by Gasteiger charge is 2.57. The molecule has 13 nitrogen and oxygen atoms in total. The van der Waals surface area contributed by atoms with Crippen molar-refractivity contribution in [3.63, 3.8) is 0 Å². The summed E-state index contributed by atoms with van der Waals surface area (Å²) in [6.07, 6.45) is 2.57. The number of hydrogen-bond donors (Lipinski definition) is 4. The van der Waals surface area contributed by atoms with Gasteiger partial charge in [-0.05, 0) is 106 Å². The first kappa shape index (κ1) is 46.5. The third-order valence-corrected chi connectivity index (χ3v) is 14.7. The zero-order valence-electron chi connectivity index (χ0n) is 38.7. The van der Waals surface area contributed by atoms with Crippen LogP contribution in [0.4, 0.5) is 5.69 Å². The number of aliphatic hydroxyl groups excluding tert-OH is 2. The standard InChI is InChI=1S/C50H70N6O7/c1-30-40-25-36(50(40,3)4)26-41(30)52-48(60)45-44(31(2)58)43(29-57)63-56(45)27-33-17-13-18-39(46(33)62-9)34-22-35(24-38(23-34)55-20-14-19-42(55)49(61)54(7)8)47(59)51-37(28-53(5)6)21-32-15-11-10-12-16-32/h10-13,15-18,22-24,30-31,36-37,40-45,57-58H,14,19-21,25-29H2,1-9H3,(H,51,59)(H,52,60)/t30-,31-,36+,37?,40-,41-,42?,43-,44+,45-/m0/s1. The minimum atomic E-state index is -0.932. The Morgan fingerprint density at radius 3 is 2.40 bits per heavy atom. The summed E-state index contributed by atoms with van der Waals surface area (Å²) in [5.74, 6) is 0.808. The molecular formula is C50H70N6O7. The fourth-order valence-corrected chi connectivity index (χ4v) is 11.3. The number of carbonyl (C=O) groups is 3.